The van der Waals surface area contributed by atoms with Crippen LogP contribution in [0.15, 0.2) is 122 Å². The maximum atomic E-state index is 13.8. The topological polar surface area (TPSA) is 92.2 Å². The minimum absolute atomic E-state index is 0.216. The van der Waals surface area contributed by atoms with Gasteiger partial charge in [-0.25, -0.2) is 0 Å². The van der Waals surface area contributed by atoms with Gasteiger partial charge in [-0.2, -0.15) is 0 Å². The Morgan fingerprint density at radius 2 is 0.775 bits per heavy atom. The fraction of sp³-hybridized carbons (Fsp3) is 0.125. The van der Waals surface area contributed by atoms with E-state index < -0.39 is 0 Å². The molecule has 2 amide bonds. The van der Waals surface area contributed by atoms with Crippen LogP contribution in [0.5, 0.6) is 0 Å². The van der Waals surface area contributed by atoms with E-state index in [1.165, 1.54) is 0 Å². The second kappa shape index (κ2) is 13.0. The Labute approximate surface area is 233 Å². The van der Waals surface area contributed by atoms with E-state index in [0.29, 0.717) is 37.3 Å². The first-order valence-electron chi connectivity index (χ1n) is 12.9. The lowest BCUT2D eigenvalue weighted by molar-refractivity contribution is 0.0723. The second-order valence-electron chi connectivity index (χ2n) is 9.19. The van der Waals surface area contributed by atoms with Crippen LogP contribution in [0.25, 0.3) is 0 Å². The Hall–Kier alpha value is -5.24. The number of carbonyl (C=O) groups is 2. The molecule has 0 unspecified atom stereocenters. The largest absolute Gasteiger partial charge is 0.327 e. The summed E-state index contributed by atoms with van der Waals surface area (Å²) < 4.78 is 0. The maximum Gasteiger partial charge on any atom is 0.254 e. The van der Waals surface area contributed by atoms with Gasteiger partial charge >= 0.3 is 0 Å². The summed E-state index contributed by atoms with van der Waals surface area (Å²) in [4.78, 5) is 48.6. The summed E-state index contributed by atoms with van der Waals surface area (Å²) in [7, 11) is 0. The van der Waals surface area contributed by atoms with Crippen molar-refractivity contribution in [2.24, 2.45) is 0 Å². The van der Waals surface area contributed by atoms with Crippen molar-refractivity contribution in [2.45, 2.75) is 26.2 Å². The molecule has 0 spiro atoms. The molecule has 0 aliphatic carbocycles. The molecule has 40 heavy (non-hydrogen) atoms. The Kier molecular flexibility index (Phi) is 8.58. The molecule has 0 N–H and O–H groups in total. The Morgan fingerprint density at radius 1 is 0.450 bits per heavy atom. The van der Waals surface area contributed by atoms with Crippen molar-refractivity contribution in [2.75, 3.05) is 0 Å². The van der Waals surface area contributed by atoms with Crippen LogP contribution in [0.4, 0.5) is 0 Å². The fourth-order valence-electron chi connectivity index (χ4n) is 4.30. The van der Waals surface area contributed by atoms with Gasteiger partial charge in [0.15, 0.2) is 0 Å². The highest BCUT2D eigenvalue weighted by Crippen LogP contribution is 2.17. The first kappa shape index (κ1) is 26.4. The van der Waals surface area contributed by atoms with E-state index in [1.54, 1.807) is 58.9 Å². The molecular formula is C32H28N6O2. The van der Waals surface area contributed by atoms with Gasteiger partial charge in [-0.05, 0) is 66.7 Å². The van der Waals surface area contributed by atoms with Crippen molar-refractivity contribution in [3.8, 4) is 0 Å². The Morgan fingerprint density at radius 3 is 1.05 bits per heavy atom. The summed E-state index contributed by atoms with van der Waals surface area (Å²) in [5, 5.41) is 0. The summed E-state index contributed by atoms with van der Waals surface area (Å²) >= 11 is 0. The van der Waals surface area contributed by atoms with Crippen LogP contribution < -0.4 is 0 Å². The quantitative estimate of drug-likeness (QED) is 0.255. The van der Waals surface area contributed by atoms with Crippen LogP contribution in [0.1, 0.15) is 43.5 Å². The lowest BCUT2D eigenvalue weighted by Crippen LogP contribution is -2.32. The van der Waals surface area contributed by atoms with Gasteiger partial charge in [0.25, 0.3) is 11.8 Å². The number of amides is 2. The van der Waals surface area contributed by atoms with Crippen LogP contribution in [0.2, 0.25) is 0 Å². The van der Waals surface area contributed by atoms with E-state index >= 15 is 0 Å². The van der Waals surface area contributed by atoms with Crippen molar-refractivity contribution in [3.05, 3.63) is 156 Å². The first-order valence-corrected chi connectivity index (χ1v) is 12.9. The van der Waals surface area contributed by atoms with Crippen molar-refractivity contribution in [1.82, 2.24) is 29.7 Å². The molecule has 5 rings (SSSR count). The van der Waals surface area contributed by atoms with Gasteiger partial charge < -0.3 is 9.80 Å². The highest BCUT2D eigenvalue weighted by atomic mass is 16.2. The number of rotatable bonds is 10. The molecule has 0 aliphatic heterocycles. The molecule has 0 atom stereocenters. The van der Waals surface area contributed by atoms with Crippen LogP contribution in [0, 0.1) is 0 Å². The average Bonchev–Trinajstić information content (AvgIpc) is 3.02. The number of hydrogen-bond donors (Lipinski definition) is 0. The third kappa shape index (κ3) is 6.99. The zero-order chi connectivity index (χ0) is 27.6. The van der Waals surface area contributed by atoms with Gasteiger partial charge in [0.2, 0.25) is 0 Å². The van der Waals surface area contributed by atoms with Gasteiger partial charge in [0, 0.05) is 35.9 Å². The molecule has 0 saturated carbocycles. The molecule has 0 aliphatic rings. The standard InChI is InChI=1S/C32H28N6O2/c39-31(37(21-27-12-1-5-16-33-27)22-28-13-2-6-17-34-28)25-10-9-11-26(20-25)32(40)38(23-29-14-3-7-18-35-29)24-30-15-4-8-19-36-30/h1-20H,21-24H2. The predicted molar refractivity (Wildman–Crippen MR) is 151 cm³/mol. The van der Waals surface area contributed by atoms with Crippen LogP contribution in [-0.4, -0.2) is 41.6 Å². The molecule has 4 aromatic heterocycles. The minimum Gasteiger partial charge on any atom is -0.327 e. The second-order valence-corrected chi connectivity index (χ2v) is 9.19. The minimum atomic E-state index is -0.216. The number of pyridine rings is 4. The zero-order valence-electron chi connectivity index (χ0n) is 21.9. The third-order valence-corrected chi connectivity index (χ3v) is 6.25. The summed E-state index contributed by atoms with van der Waals surface area (Å²) in [5.74, 6) is -0.432. The highest BCUT2D eigenvalue weighted by molar-refractivity contribution is 5.99. The maximum absolute atomic E-state index is 13.8. The van der Waals surface area contributed by atoms with E-state index in [4.69, 9.17) is 0 Å². The number of nitrogens with zero attached hydrogens (tertiary/aromatic N) is 6. The molecule has 0 radical (unpaired) electrons. The SMILES string of the molecule is O=C(c1cccc(C(=O)N(Cc2ccccn2)Cc2ccccn2)c1)N(Cc1ccccn1)Cc1ccccn1. The lowest BCUT2D eigenvalue weighted by atomic mass is 10.1. The normalized spacial score (nSPS) is 10.6. The van der Waals surface area contributed by atoms with Crippen molar-refractivity contribution >= 4 is 11.8 Å². The summed E-state index contributed by atoms with van der Waals surface area (Å²) in [6, 6.07) is 29.3. The summed E-state index contributed by atoms with van der Waals surface area (Å²) in [6.07, 6.45) is 6.82. The number of carbonyl (C=O) groups excluding carboxylic acids is 2. The van der Waals surface area contributed by atoms with E-state index in [-0.39, 0.29) is 11.8 Å². The van der Waals surface area contributed by atoms with Crippen LogP contribution >= 0.6 is 0 Å². The molecule has 0 bridgehead atoms. The molecule has 0 fully saturated rings. The number of aromatic nitrogens is 4. The van der Waals surface area contributed by atoms with Gasteiger partial charge in [-0.15, -0.1) is 0 Å². The van der Waals surface area contributed by atoms with E-state index in [2.05, 4.69) is 19.9 Å². The summed E-state index contributed by atoms with van der Waals surface area (Å²) in [5.41, 5.74) is 3.86. The molecule has 8 heteroatoms. The Balaban J connectivity index is 1.41. The van der Waals surface area contributed by atoms with Crippen molar-refractivity contribution in [3.63, 3.8) is 0 Å². The molecule has 0 saturated heterocycles. The molecule has 5 aromatic rings. The molecule has 4 heterocycles. The highest BCUT2D eigenvalue weighted by Gasteiger charge is 2.22. The van der Waals surface area contributed by atoms with E-state index in [1.807, 2.05) is 72.8 Å². The molecule has 198 valence electrons. The van der Waals surface area contributed by atoms with E-state index in [9.17, 15) is 9.59 Å². The monoisotopic (exact) mass is 528 g/mol. The van der Waals surface area contributed by atoms with Gasteiger partial charge in [-0.1, -0.05) is 30.3 Å². The zero-order valence-corrected chi connectivity index (χ0v) is 21.9. The Bertz CT molecular complexity index is 1340. The molecule has 8 nitrogen and oxygen atoms in total. The summed E-state index contributed by atoms with van der Waals surface area (Å²) in [6.45, 7) is 1.22. The molecular weight excluding hydrogens is 500 g/mol. The number of hydrogen-bond acceptors (Lipinski definition) is 6. The smallest absolute Gasteiger partial charge is 0.254 e. The third-order valence-electron chi connectivity index (χ3n) is 6.25. The average molecular weight is 529 g/mol. The van der Waals surface area contributed by atoms with Gasteiger partial charge in [-0.3, -0.25) is 29.5 Å². The van der Waals surface area contributed by atoms with Crippen LogP contribution in [0.3, 0.4) is 0 Å². The van der Waals surface area contributed by atoms with Crippen LogP contribution in [-0.2, 0) is 26.2 Å². The van der Waals surface area contributed by atoms with Gasteiger partial charge in [0.05, 0.1) is 49.0 Å². The van der Waals surface area contributed by atoms with Crippen molar-refractivity contribution < 1.29 is 9.59 Å². The first-order chi connectivity index (χ1) is 19.7. The molecule has 1 aromatic carbocycles. The van der Waals surface area contributed by atoms with Gasteiger partial charge in [0.1, 0.15) is 0 Å². The number of benzene rings is 1. The lowest BCUT2D eigenvalue weighted by Gasteiger charge is -2.24. The van der Waals surface area contributed by atoms with Crippen molar-refractivity contribution in [1.29, 1.82) is 0 Å². The predicted octanol–water partition coefficient (Wildman–Crippen LogP) is 4.95. The van der Waals surface area contributed by atoms with E-state index in [0.717, 1.165) is 22.8 Å². The fourth-order valence-corrected chi connectivity index (χ4v) is 4.30.